The van der Waals surface area contributed by atoms with Crippen molar-refractivity contribution >= 4 is 22.5 Å². The number of aryl methyl sites for hydroxylation is 2. The highest BCUT2D eigenvalue weighted by atomic mass is 32.1. The van der Waals surface area contributed by atoms with E-state index in [9.17, 15) is 9.59 Å². The maximum atomic E-state index is 12.4. The minimum Gasteiger partial charge on any atom is -0.319 e. The van der Waals surface area contributed by atoms with E-state index in [4.69, 9.17) is 0 Å². The molecule has 0 amide bonds. The Hall–Kier alpha value is -2.22. The topological polar surface area (TPSA) is 74.7 Å². The first kappa shape index (κ1) is 14.7. The average molecular weight is 319 g/mol. The van der Waals surface area contributed by atoms with Crippen molar-refractivity contribution in [1.29, 1.82) is 0 Å². The quantitative estimate of drug-likeness (QED) is 0.716. The van der Waals surface area contributed by atoms with Gasteiger partial charge in [-0.3, -0.25) is 13.9 Å². The van der Waals surface area contributed by atoms with Crippen LogP contribution in [0.4, 0.5) is 0 Å². The number of imidazole rings is 1. The molecule has 0 N–H and O–H groups in total. The minimum atomic E-state index is -0.373. The highest BCUT2D eigenvalue weighted by molar-refractivity contribution is 7.09. The molecular formula is C14H17N5O2S. The molecule has 0 saturated heterocycles. The molecule has 0 aliphatic carbocycles. The molecule has 0 aromatic carbocycles. The first-order valence-electron chi connectivity index (χ1n) is 7.07. The fourth-order valence-corrected chi connectivity index (χ4v) is 3.33. The molecule has 116 valence electrons. The molecule has 0 unspecified atom stereocenters. The highest BCUT2D eigenvalue weighted by Crippen LogP contribution is 2.14. The van der Waals surface area contributed by atoms with Gasteiger partial charge in [0, 0.05) is 19.5 Å². The summed E-state index contributed by atoms with van der Waals surface area (Å²) in [4.78, 5) is 33.0. The Bertz CT molecular complexity index is 946. The number of hydrogen-bond acceptors (Lipinski definition) is 5. The number of aromatic nitrogens is 5. The van der Waals surface area contributed by atoms with Crippen LogP contribution in [0.5, 0.6) is 0 Å². The van der Waals surface area contributed by atoms with Crippen LogP contribution in [0.25, 0.3) is 11.2 Å². The fraction of sp³-hybridized carbons (Fsp3) is 0.429. The number of nitrogens with zero attached hydrogens (tertiary/aromatic N) is 5. The predicted molar refractivity (Wildman–Crippen MR) is 85.4 cm³/mol. The molecule has 7 nitrogen and oxygen atoms in total. The fourth-order valence-electron chi connectivity index (χ4n) is 2.44. The second-order valence-corrected chi connectivity index (χ2v) is 6.18. The molecule has 22 heavy (non-hydrogen) atoms. The van der Waals surface area contributed by atoms with Crippen molar-refractivity contribution in [3.05, 3.63) is 43.2 Å². The highest BCUT2D eigenvalue weighted by Gasteiger charge is 2.15. The van der Waals surface area contributed by atoms with Crippen molar-refractivity contribution in [2.75, 3.05) is 0 Å². The summed E-state index contributed by atoms with van der Waals surface area (Å²) in [6, 6.07) is 0. The smallest absolute Gasteiger partial charge is 0.319 e. The largest absolute Gasteiger partial charge is 0.332 e. The van der Waals surface area contributed by atoms with E-state index in [-0.39, 0.29) is 11.2 Å². The van der Waals surface area contributed by atoms with Crippen molar-refractivity contribution in [2.45, 2.75) is 26.3 Å². The van der Waals surface area contributed by atoms with E-state index in [1.165, 1.54) is 11.6 Å². The van der Waals surface area contributed by atoms with Gasteiger partial charge in [-0.1, -0.05) is 6.92 Å². The summed E-state index contributed by atoms with van der Waals surface area (Å²) in [5, 5.41) is 3.10. The van der Waals surface area contributed by atoms with Crippen LogP contribution in [0.3, 0.4) is 0 Å². The molecule has 0 fully saturated rings. The number of hydrogen-bond donors (Lipinski definition) is 0. The third-order valence-corrected chi connectivity index (χ3v) is 4.57. The van der Waals surface area contributed by atoms with Crippen LogP contribution < -0.4 is 11.2 Å². The van der Waals surface area contributed by atoms with Gasteiger partial charge in [0.1, 0.15) is 0 Å². The van der Waals surface area contributed by atoms with E-state index in [1.54, 1.807) is 29.3 Å². The lowest BCUT2D eigenvalue weighted by molar-refractivity contribution is 0.701. The summed E-state index contributed by atoms with van der Waals surface area (Å²) >= 11 is 1.63. The van der Waals surface area contributed by atoms with Crippen molar-refractivity contribution in [1.82, 2.24) is 23.7 Å². The Labute approximate surface area is 130 Å². The van der Waals surface area contributed by atoms with E-state index in [0.29, 0.717) is 17.7 Å². The molecule has 3 aromatic heterocycles. The zero-order chi connectivity index (χ0) is 15.9. The Morgan fingerprint density at radius 3 is 2.73 bits per heavy atom. The maximum Gasteiger partial charge on any atom is 0.332 e. The van der Waals surface area contributed by atoms with E-state index in [2.05, 4.69) is 16.9 Å². The van der Waals surface area contributed by atoms with E-state index < -0.39 is 0 Å². The SMILES string of the molecule is CCCc1nc(Cn2cnc3c2c(=O)n(C)c(=O)n3C)cs1. The van der Waals surface area contributed by atoms with E-state index in [0.717, 1.165) is 28.1 Å². The van der Waals surface area contributed by atoms with Crippen molar-refractivity contribution in [2.24, 2.45) is 14.1 Å². The van der Waals surface area contributed by atoms with Crippen LogP contribution in [0, 0.1) is 0 Å². The second kappa shape index (κ2) is 5.53. The average Bonchev–Trinajstić information content (AvgIpc) is 3.11. The molecule has 0 spiro atoms. The summed E-state index contributed by atoms with van der Waals surface area (Å²) in [6.07, 6.45) is 3.61. The summed E-state index contributed by atoms with van der Waals surface area (Å²) in [6.45, 7) is 2.60. The number of rotatable bonds is 4. The normalized spacial score (nSPS) is 11.4. The molecule has 0 atom stereocenters. The Balaban J connectivity index is 2.08. The van der Waals surface area contributed by atoms with Gasteiger partial charge in [-0.15, -0.1) is 11.3 Å². The van der Waals surface area contributed by atoms with Gasteiger partial charge in [0.2, 0.25) is 0 Å². The van der Waals surface area contributed by atoms with Gasteiger partial charge < -0.3 is 4.57 Å². The van der Waals surface area contributed by atoms with Crippen LogP contribution in [0.2, 0.25) is 0 Å². The van der Waals surface area contributed by atoms with Crippen molar-refractivity contribution in [3.8, 4) is 0 Å². The molecule has 0 radical (unpaired) electrons. The monoisotopic (exact) mass is 319 g/mol. The van der Waals surface area contributed by atoms with E-state index in [1.807, 2.05) is 5.38 Å². The molecule has 0 aliphatic rings. The zero-order valence-electron chi connectivity index (χ0n) is 12.7. The predicted octanol–water partition coefficient (Wildman–Crippen LogP) is 0.891. The van der Waals surface area contributed by atoms with Crippen LogP contribution in [0.1, 0.15) is 24.0 Å². The minimum absolute atomic E-state index is 0.334. The Kier molecular flexibility index (Phi) is 3.69. The molecule has 8 heteroatoms. The zero-order valence-corrected chi connectivity index (χ0v) is 13.6. The van der Waals surface area contributed by atoms with Crippen LogP contribution in [0.15, 0.2) is 21.3 Å². The van der Waals surface area contributed by atoms with Crippen LogP contribution >= 0.6 is 11.3 Å². The van der Waals surface area contributed by atoms with Crippen LogP contribution in [-0.4, -0.2) is 23.7 Å². The van der Waals surface area contributed by atoms with Gasteiger partial charge in [-0.05, 0) is 12.8 Å². The maximum absolute atomic E-state index is 12.4. The second-order valence-electron chi connectivity index (χ2n) is 5.23. The third-order valence-electron chi connectivity index (χ3n) is 3.61. The lowest BCUT2D eigenvalue weighted by Gasteiger charge is -2.05. The van der Waals surface area contributed by atoms with Gasteiger partial charge in [0.15, 0.2) is 11.2 Å². The molecule has 3 heterocycles. The van der Waals surface area contributed by atoms with Gasteiger partial charge in [-0.2, -0.15) is 0 Å². The van der Waals surface area contributed by atoms with Gasteiger partial charge >= 0.3 is 5.69 Å². The first-order chi connectivity index (χ1) is 10.5. The first-order valence-corrected chi connectivity index (χ1v) is 7.95. The standard InChI is InChI=1S/C14H17N5O2S/c1-4-5-10-16-9(7-22-10)6-19-8-15-12-11(19)13(20)18(3)14(21)17(12)2/h7-8H,4-6H2,1-3H3. The molecule has 0 bridgehead atoms. The molecule has 3 aromatic rings. The van der Waals surface area contributed by atoms with Crippen molar-refractivity contribution in [3.63, 3.8) is 0 Å². The lowest BCUT2D eigenvalue weighted by atomic mass is 10.3. The third kappa shape index (κ3) is 2.29. The summed E-state index contributed by atoms with van der Waals surface area (Å²) in [5.41, 5.74) is 1.02. The van der Waals surface area contributed by atoms with Gasteiger partial charge in [-0.25, -0.2) is 14.8 Å². The molecule has 0 saturated carbocycles. The molecular weight excluding hydrogens is 302 g/mol. The van der Waals surface area contributed by atoms with E-state index >= 15 is 0 Å². The Morgan fingerprint density at radius 1 is 1.23 bits per heavy atom. The molecule has 0 aliphatic heterocycles. The molecule has 3 rings (SSSR count). The Morgan fingerprint density at radius 2 is 2.00 bits per heavy atom. The number of thiazole rings is 1. The van der Waals surface area contributed by atoms with Gasteiger partial charge in [0.05, 0.1) is 23.6 Å². The number of fused-ring (bicyclic) bond motifs is 1. The van der Waals surface area contributed by atoms with Crippen molar-refractivity contribution < 1.29 is 0 Å². The summed E-state index contributed by atoms with van der Waals surface area (Å²) in [5.74, 6) is 0. The van der Waals surface area contributed by atoms with Gasteiger partial charge in [0.25, 0.3) is 5.56 Å². The van der Waals surface area contributed by atoms with Crippen LogP contribution in [-0.2, 0) is 27.1 Å². The lowest BCUT2D eigenvalue weighted by Crippen LogP contribution is -2.37. The summed E-state index contributed by atoms with van der Waals surface area (Å²) < 4.78 is 4.24. The summed E-state index contributed by atoms with van der Waals surface area (Å²) in [7, 11) is 3.09.